The van der Waals surface area contributed by atoms with E-state index in [9.17, 15) is 5.11 Å². The monoisotopic (exact) mass is 455 g/mol. The van der Waals surface area contributed by atoms with E-state index in [2.05, 4.69) is 17.9 Å². The van der Waals surface area contributed by atoms with Gasteiger partial charge in [0.2, 0.25) is 0 Å². The van der Waals surface area contributed by atoms with Gasteiger partial charge in [-0.25, -0.2) is 0 Å². The van der Waals surface area contributed by atoms with E-state index in [4.69, 9.17) is 9.15 Å². The van der Waals surface area contributed by atoms with Gasteiger partial charge in [0.25, 0.3) is 0 Å². The molecule has 6 rings (SSSR count). The van der Waals surface area contributed by atoms with Crippen molar-refractivity contribution in [1.29, 1.82) is 0 Å². The van der Waals surface area contributed by atoms with Crippen LogP contribution in [0.2, 0.25) is 0 Å². The first-order valence-corrected chi connectivity index (χ1v) is 14.1. The number of fused-ring (bicyclic) bond motifs is 5. The van der Waals surface area contributed by atoms with Crippen LogP contribution in [0.15, 0.2) is 22.8 Å². The van der Waals surface area contributed by atoms with Crippen LogP contribution in [-0.2, 0) is 4.74 Å². The molecule has 1 saturated heterocycles. The van der Waals surface area contributed by atoms with Crippen molar-refractivity contribution in [2.24, 2.45) is 28.6 Å². The van der Waals surface area contributed by atoms with Gasteiger partial charge in [0, 0.05) is 17.9 Å². The van der Waals surface area contributed by atoms with Crippen molar-refractivity contribution in [2.45, 2.75) is 95.5 Å². The molecule has 1 N–H and O–H groups in total. The number of aliphatic hydroxyl groups is 1. The molecular weight excluding hydrogens is 410 g/mol. The molecule has 0 radical (unpaired) electrons. The van der Waals surface area contributed by atoms with E-state index >= 15 is 0 Å². The average Bonchev–Trinajstić information content (AvgIpc) is 3.57. The largest absolute Gasteiger partial charge is 0.469 e. The van der Waals surface area contributed by atoms with E-state index in [0.717, 1.165) is 44.1 Å². The molecule has 4 saturated carbocycles. The molecule has 5 aliphatic rings. The van der Waals surface area contributed by atoms with Gasteiger partial charge in [-0.05, 0) is 113 Å². The van der Waals surface area contributed by atoms with E-state index in [1.165, 1.54) is 70.9 Å². The lowest BCUT2D eigenvalue weighted by Crippen LogP contribution is -2.63. The Morgan fingerprint density at radius 3 is 2.70 bits per heavy atom. The average molecular weight is 456 g/mol. The molecule has 33 heavy (non-hydrogen) atoms. The van der Waals surface area contributed by atoms with E-state index in [-0.39, 0.29) is 11.3 Å². The molecule has 0 spiro atoms. The van der Waals surface area contributed by atoms with Crippen molar-refractivity contribution in [2.75, 3.05) is 32.8 Å². The zero-order valence-corrected chi connectivity index (χ0v) is 20.8. The number of rotatable bonds is 6. The lowest BCUT2D eigenvalue weighted by atomic mass is 9.43. The second kappa shape index (κ2) is 8.68. The molecule has 1 aromatic heterocycles. The third-order valence-electron chi connectivity index (χ3n) is 11.5. The zero-order valence-electron chi connectivity index (χ0n) is 20.8. The fraction of sp³-hybridized carbons (Fsp3) is 0.862. The van der Waals surface area contributed by atoms with Crippen LogP contribution in [0.3, 0.4) is 0 Å². The summed E-state index contributed by atoms with van der Waals surface area (Å²) in [5.74, 6) is 3.33. The zero-order chi connectivity index (χ0) is 22.5. The van der Waals surface area contributed by atoms with E-state index < -0.39 is 5.60 Å². The minimum atomic E-state index is -0.619. The van der Waals surface area contributed by atoms with Gasteiger partial charge in [-0.15, -0.1) is 0 Å². The van der Waals surface area contributed by atoms with Gasteiger partial charge >= 0.3 is 0 Å². The molecule has 184 valence electrons. The highest BCUT2D eigenvalue weighted by atomic mass is 16.5. The molecule has 0 unspecified atom stereocenters. The van der Waals surface area contributed by atoms with Crippen LogP contribution < -0.4 is 0 Å². The summed E-state index contributed by atoms with van der Waals surface area (Å²) >= 11 is 0. The summed E-state index contributed by atoms with van der Waals surface area (Å²) in [4.78, 5) is 2.53. The third kappa shape index (κ3) is 3.49. The highest BCUT2D eigenvalue weighted by Gasteiger charge is 2.69. The minimum Gasteiger partial charge on any atom is -0.469 e. The van der Waals surface area contributed by atoms with Crippen molar-refractivity contribution in [3.63, 3.8) is 0 Å². The Morgan fingerprint density at radius 2 is 1.88 bits per heavy atom. The van der Waals surface area contributed by atoms with Crippen molar-refractivity contribution in [1.82, 2.24) is 4.90 Å². The van der Waals surface area contributed by atoms with Crippen LogP contribution in [0.5, 0.6) is 0 Å². The Hall–Kier alpha value is -0.840. The van der Waals surface area contributed by atoms with Crippen LogP contribution in [0.4, 0.5) is 0 Å². The smallest absolute Gasteiger partial charge is 0.107 e. The maximum Gasteiger partial charge on any atom is 0.107 e. The molecule has 4 aliphatic carbocycles. The number of ether oxygens (including phenoxy) is 1. The topological polar surface area (TPSA) is 45.8 Å². The molecular formula is C29H45NO3. The van der Waals surface area contributed by atoms with E-state index in [1.807, 2.05) is 12.3 Å². The second-order valence-corrected chi connectivity index (χ2v) is 12.6. The first-order valence-electron chi connectivity index (χ1n) is 14.1. The van der Waals surface area contributed by atoms with Crippen LogP contribution in [0.25, 0.3) is 0 Å². The predicted octanol–water partition coefficient (Wildman–Crippen LogP) is 6.00. The highest BCUT2D eigenvalue weighted by Crippen LogP contribution is 2.70. The molecule has 5 fully saturated rings. The summed E-state index contributed by atoms with van der Waals surface area (Å²) < 4.78 is 12.5. The number of hydrogen-bond donors (Lipinski definition) is 1. The summed E-state index contributed by atoms with van der Waals surface area (Å²) in [5, 5.41) is 12.7. The van der Waals surface area contributed by atoms with Gasteiger partial charge in [0.1, 0.15) is 5.76 Å². The molecule has 1 aromatic rings. The molecule has 4 heteroatoms. The lowest BCUT2D eigenvalue weighted by molar-refractivity contribution is -0.221. The molecule has 7 atom stereocenters. The summed E-state index contributed by atoms with van der Waals surface area (Å²) in [7, 11) is 0. The number of furan rings is 1. The van der Waals surface area contributed by atoms with Crippen LogP contribution in [0, 0.1) is 28.6 Å². The summed E-state index contributed by atoms with van der Waals surface area (Å²) in [6.07, 6.45) is 16.9. The molecule has 1 aliphatic heterocycles. The van der Waals surface area contributed by atoms with Crippen LogP contribution >= 0.6 is 0 Å². The normalized spacial score (nSPS) is 45.5. The van der Waals surface area contributed by atoms with Crippen molar-refractivity contribution >= 4 is 0 Å². The van der Waals surface area contributed by atoms with Gasteiger partial charge in [-0.1, -0.05) is 19.8 Å². The summed E-state index contributed by atoms with van der Waals surface area (Å²) in [6, 6.07) is 4.17. The summed E-state index contributed by atoms with van der Waals surface area (Å²) in [5.41, 5.74) is -0.385. The first-order chi connectivity index (χ1) is 16.1. The number of hydrogen-bond acceptors (Lipinski definition) is 4. The van der Waals surface area contributed by atoms with Gasteiger partial charge in [0.05, 0.1) is 25.1 Å². The first kappa shape index (κ1) is 22.6. The van der Waals surface area contributed by atoms with Gasteiger partial charge in [0.15, 0.2) is 0 Å². The second-order valence-electron chi connectivity index (χ2n) is 12.6. The molecule has 0 bridgehead atoms. The standard InChI is InChI=1S/C29H45NO3/c1-27-13-3-2-7-22(27)9-10-24-23(27)11-14-28(21-32-20-18-30-16-4-5-17-30)25(12-15-29(24,28)31)26-8-6-19-33-26/h6,8,19,22-25,31H,2-5,7,9-18,20-21H2,1H3/t22-,23+,24-,25-,27+,28+,29+/m1/s1. The predicted molar refractivity (Wildman–Crippen MR) is 130 cm³/mol. The Kier molecular flexibility index (Phi) is 5.94. The van der Waals surface area contributed by atoms with Crippen LogP contribution in [-0.4, -0.2) is 48.5 Å². The van der Waals surface area contributed by atoms with E-state index in [0.29, 0.717) is 23.9 Å². The Balaban J connectivity index is 1.27. The maximum absolute atomic E-state index is 12.7. The fourth-order valence-corrected chi connectivity index (χ4v) is 9.74. The lowest BCUT2D eigenvalue weighted by Gasteiger charge is -2.63. The van der Waals surface area contributed by atoms with Crippen molar-refractivity contribution in [3.05, 3.63) is 24.2 Å². The Bertz CT molecular complexity index is 804. The SMILES string of the molecule is C[C@]12CCCC[C@@H]1CC[C@@H]1[C@@H]2CC[C@]2(COCCN3CCCC3)[C@@H](c3ccco3)CC[C@]12O. The highest BCUT2D eigenvalue weighted by molar-refractivity contribution is 5.25. The molecule has 0 amide bonds. The minimum absolute atomic E-state index is 0.200. The van der Waals surface area contributed by atoms with Gasteiger partial charge in [-0.2, -0.15) is 0 Å². The Labute approximate surface area is 200 Å². The molecule has 4 nitrogen and oxygen atoms in total. The molecule has 0 aromatic carbocycles. The van der Waals surface area contributed by atoms with Gasteiger partial charge in [-0.3, -0.25) is 0 Å². The van der Waals surface area contributed by atoms with E-state index in [1.54, 1.807) is 0 Å². The fourth-order valence-electron chi connectivity index (χ4n) is 9.74. The van der Waals surface area contributed by atoms with Crippen molar-refractivity contribution in [3.8, 4) is 0 Å². The third-order valence-corrected chi connectivity index (χ3v) is 11.5. The number of likely N-dealkylation sites (tertiary alicyclic amines) is 1. The van der Waals surface area contributed by atoms with Crippen molar-refractivity contribution < 1.29 is 14.3 Å². The summed E-state index contributed by atoms with van der Waals surface area (Å²) in [6.45, 7) is 7.54. The number of nitrogens with zero attached hydrogens (tertiary/aromatic N) is 1. The maximum atomic E-state index is 12.7. The van der Waals surface area contributed by atoms with Gasteiger partial charge < -0.3 is 19.2 Å². The quantitative estimate of drug-likeness (QED) is 0.534. The molecule has 2 heterocycles. The van der Waals surface area contributed by atoms with Crippen LogP contribution in [0.1, 0.15) is 95.7 Å². The Morgan fingerprint density at radius 1 is 1.00 bits per heavy atom.